The summed E-state index contributed by atoms with van der Waals surface area (Å²) in [6, 6.07) is 15.8. The van der Waals surface area contributed by atoms with Gasteiger partial charge in [0, 0.05) is 5.56 Å². The normalized spacial score (nSPS) is 11.2. The second-order valence-electron chi connectivity index (χ2n) is 5.25. The summed E-state index contributed by atoms with van der Waals surface area (Å²) >= 11 is 0. The molecule has 0 unspecified atom stereocenters. The Bertz CT molecular complexity index is 799. The molecule has 1 aromatic heterocycles. The highest BCUT2D eigenvalue weighted by Crippen LogP contribution is 2.24. The number of hydrogen-bond donors (Lipinski definition) is 0. The summed E-state index contributed by atoms with van der Waals surface area (Å²) < 4.78 is 5.58. The quantitative estimate of drug-likeness (QED) is 0.678. The molecule has 3 rings (SSSR count). The first-order valence-corrected chi connectivity index (χ1v) is 6.77. The van der Waals surface area contributed by atoms with E-state index in [0.29, 0.717) is 11.0 Å². The van der Waals surface area contributed by atoms with Crippen molar-refractivity contribution in [1.82, 2.24) is 0 Å². The summed E-state index contributed by atoms with van der Waals surface area (Å²) in [5.41, 5.74) is 3.57. The van der Waals surface area contributed by atoms with Crippen molar-refractivity contribution in [3.05, 3.63) is 70.6 Å². The van der Waals surface area contributed by atoms with Crippen LogP contribution in [0.4, 0.5) is 0 Å². The molecule has 0 aliphatic carbocycles. The topological polar surface area (TPSA) is 30.2 Å². The smallest absolute Gasteiger partial charge is 0.196 e. The molecule has 2 aromatic carbocycles. The molecule has 3 aromatic rings. The van der Waals surface area contributed by atoms with Gasteiger partial charge in [-0.3, -0.25) is 4.79 Å². The maximum absolute atomic E-state index is 12.5. The van der Waals surface area contributed by atoms with Crippen molar-refractivity contribution >= 4 is 11.0 Å². The average molecular weight is 264 g/mol. The Morgan fingerprint density at radius 2 is 1.70 bits per heavy atom. The van der Waals surface area contributed by atoms with Crippen molar-refractivity contribution in [2.24, 2.45) is 0 Å². The van der Waals surface area contributed by atoms with Crippen LogP contribution in [0.2, 0.25) is 0 Å². The first kappa shape index (κ1) is 12.7. The molecule has 0 aliphatic rings. The molecule has 100 valence electrons. The van der Waals surface area contributed by atoms with Gasteiger partial charge in [-0.2, -0.15) is 0 Å². The molecular weight excluding hydrogens is 248 g/mol. The minimum Gasteiger partial charge on any atom is -0.464 e. The fourth-order valence-electron chi connectivity index (χ4n) is 2.35. The molecule has 0 radical (unpaired) electrons. The average Bonchev–Trinajstić information content (AvgIpc) is 2.48. The Morgan fingerprint density at radius 3 is 2.40 bits per heavy atom. The molecule has 0 fully saturated rings. The molecule has 0 spiro atoms. The van der Waals surface area contributed by atoms with Crippen molar-refractivity contribution in [1.29, 1.82) is 0 Å². The molecule has 0 saturated heterocycles. The van der Waals surface area contributed by atoms with Gasteiger partial charge in [-0.15, -0.1) is 0 Å². The van der Waals surface area contributed by atoms with Gasteiger partial charge in [0.1, 0.15) is 5.58 Å². The van der Waals surface area contributed by atoms with Gasteiger partial charge in [0.05, 0.1) is 11.6 Å². The van der Waals surface area contributed by atoms with Crippen LogP contribution in [0.15, 0.2) is 64.0 Å². The van der Waals surface area contributed by atoms with Crippen LogP contribution < -0.4 is 5.43 Å². The Hall–Kier alpha value is -2.35. The summed E-state index contributed by atoms with van der Waals surface area (Å²) in [4.78, 5) is 12.5. The van der Waals surface area contributed by atoms with Crippen LogP contribution in [0.5, 0.6) is 0 Å². The van der Waals surface area contributed by atoms with Crippen molar-refractivity contribution in [2.45, 2.75) is 19.8 Å². The first-order chi connectivity index (χ1) is 9.66. The third kappa shape index (κ3) is 2.14. The van der Waals surface area contributed by atoms with Gasteiger partial charge in [-0.05, 0) is 29.2 Å². The predicted molar refractivity (Wildman–Crippen MR) is 82.0 cm³/mol. The number of benzene rings is 2. The minimum absolute atomic E-state index is 0.0685. The minimum atomic E-state index is 0.0685. The lowest BCUT2D eigenvalue weighted by molar-refractivity contribution is 0.586. The van der Waals surface area contributed by atoms with Gasteiger partial charge in [0.2, 0.25) is 0 Å². The lowest BCUT2D eigenvalue weighted by atomic mass is 10.0. The Labute approximate surface area is 117 Å². The Morgan fingerprint density at radius 1 is 0.950 bits per heavy atom. The fourth-order valence-corrected chi connectivity index (χ4v) is 2.35. The van der Waals surface area contributed by atoms with E-state index in [1.54, 1.807) is 6.26 Å². The van der Waals surface area contributed by atoms with Crippen LogP contribution in [0.25, 0.3) is 22.1 Å². The summed E-state index contributed by atoms with van der Waals surface area (Å²) in [6.07, 6.45) is 1.58. The molecule has 0 atom stereocenters. The molecule has 0 N–H and O–H groups in total. The highest BCUT2D eigenvalue weighted by atomic mass is 16.3. The van der Waals surface area contributed by atoms with E-state index in [1.807, 2.05) is 62.4 Å². The molecule has 20 heavy (non-hydrogen) atoms. The number of hydrogen-bond acceptors (Lipinski definition) is 2. The van der Waals surface area contributed by atoms with Crippen LogP contribution in [-0.4, -0.2) is 0 Å². The van der Waals surface area contributed by atoms with E-state index in [0.717, 1.165) is 16.7 Å². The highest BCUT2D eigenvalue weighted by molar-refractivity contribution is 5.83. The van der Waals surface area contributed by atoms with E-state index >= 15 is 0 Å². The monoisotopic (exact) mass is 264 g/mol. The van der Waals surface area contributed by atoms with Crippen LogP contribution in [-0.2, 0) is 0 Å². The van der Waals surface area contributed by atoms with Gasteiger partial charge in [0.25, 0.3) is 0 Å². The van der Waals surface area contributed by atoms with Crippen LogP contribution in [0.1, 0.15) is 25.3 Å². The first-order valence-electron chi connectivity index (χ1n) is 6.77. The van der Waals surface area contributed by atoms with E-state index < -0.39 is 0 Å². The van der Waals surface area contributed by atoms with Crippen molar-refractivity contribution < 1.29 is 4.42 Å². The van der Waals surface area contributed by atoms with Crippen molar-refractivity contribution in [3.8, 4) is 11.1 Å². The second-order valence-corrected chi connectivity index (χ2v) is 5.25. The largest absolute Gasteiger partial charge is 0.464 e. The van der Waals surface area contributed by atoms with Crippen molar-refractivity contribution in [3.63, 3.8) is 0 Å². The van der Waals surface area contributed by atoms with Gasteiger partial charge < -0.3 is 4.42 Å². The van der Waals surface area contributed by atoms with Gasteiger partial charge in [-0.25, -0.2) is 0 Å². The predicted octanol–water partition coefficient (Wildman–Crippen LogP) is 4.58. The molecule has 0 saturated carbocycles. The highest BCUT2D eigenvalue weighted by Gasteiger charge is 2.10. The third-order valence-electron chi connectivity index (χ3n) is 3.53. The Balaban J connectivity index is 2.25. The van der Waals surface area contributed by atoms with E-state index in [-0.39, 0.29) is 11.3 Å². The van der Waals surface area contributed by atoms with Crippen molar-refractivity contribution in [2.75, 3.05) is 0 Å². The zero-order chi connectivity index (χ0) is 14.1. The molecule has 0 aliphatic heterocycles. The maximum Gasteiger partial charge on any atom is 0.196 e. The second kappa shape index (κ2) is 4.97. The van der Waals surface area contributed by atoms with Crippen LogP contribution in [0, 0.1) is 0 Å². The zero-order valence-electron chi connectivity index (χ0n) is 11.6. The molecular formula is C18H16O2. The summed E-state index contributed by atoms with van der Waals surface area (Å²) in [5.74, 6) is 0.163. The maximum atomic E-state index is 12.5. The summed E-state index contributed by atoms with van der Waals surface area (Å²) in [7, 11) is 0. The van der Waals surface area contributed by atoms with E-state index in [1.165, 1.54) is 0 Å². The molecule has 1 heterocycles. The summed E-state index contributed by atoms with van der Waals surface area (Å²) in [6.45, 7) is 4.00. The molecule has 0 bridgehead atoms. The molecule has 0 amide bonds. The third-order valence-corrected chi connectivity index (χ3v) is 3.53. The SMILES string of the molecule is CC(C)c1coc2ccc(-c3ccccc3)cc2c1=O. The number of rotatable bonds is 2. The number of fused-ring (bicyclic) bond motifs is 1. The lowest BCUT2D eigenvalue weighted by Gasteiger charge is -2.07. The molecule has 2 nitrogen and oxygen atoms in total. The van der Waals surface area contributed by atoms with E-state index in [9.17, 15) is 4.79 Å². The Kier molecular flexibility index (Phi) is 3.15. The van der Waals surface area contributed by atoms with Gasteiger partial charge in [-0.1, -0.05) is 50.2 Å². The van der Waals surface area contributed by atoms with Gasteiger partial charge in [0.15, 0.2) is 5.43 Å². The van der Waals surface area contributed by atoms with Crippen LogP contribution >= 0.6 is 0 Å². The standard InChI is InChI=1S/C18H16O2/c1-12(2)16-11-20-17-9-8-14(10-15(17)18(16)19)13-6-4-3-5-7-13/h3-12H,1-2H3. The van der Waals surface area contributed by atoms with Crippen LogP contribution in [0.3, 0.4) is 0 Å². The zero-order valence-corrected chi connectivity index (χ0v) is 11.6. The molecule has 2 heteroatoms. The van der Waals surface area contributed by atoms with E-state index in [4.69, 9.17) is 4.42 Å². The lowest BCUT2D eigenvalue weighted by Crippen LogP contribution is -2.10. The summed E-state index contributed by atoms with van der Waals surface area (Å²) in [5, 5.41) is 0.651. The van der Waals surface area contributed by atoms with E-state index in [2.05, 4.69) is 0 Å². The fraction of sp³-hybridized carbons (Fsp3) is 0.167. The van der Waals surface area contributed by atoms with Gasteiger partial charge >= 0.3 is 0 Å².